The lowest BCUT2D eigenvalue weighted by Gasteiger charge is -2.35. The van der Waals surface area contributed by atoms with Crippen LogP contribution in [0.4, 0.5) is 11.8 Å². The number of aromatic nitrogens is 2. The highest BCUT2D eigenvalue weighted by molar-refractivity contribution is 5.85. The first-order valence-corrected chi connectivity index (χ1v) is 6.85. The van der Waals surface area contributed by atoms with Gasteiger partial charge in [-0.05, 0) is 13.3 Å². The van der Waals surface area contributed by atoms with Gasteiger partial charge in [0.1, 0.15) is 11.9 Å². The predicted molar refractivity (Wildman–Crippen MR) is 76.4 cm³/mol. The number of rotatable bonds is 4. The summed E-state index contributed by atoms with van der Waals surface area (Å²) < 4.78 is 5.42. The summed E-state index contributed by atoms with van der Waals surface area (Å²) in [6, 6.07) is 1.46. The van der Waals surface area contributed by atoms with Crippen molar-refractivity contribution in [1.29, 1.82) is 0 Å². The maximum absolute atomic E-state index is 12.2. The number of carbonyl (C=O) groups is 1. The van der Waals surface area contributed by atoms with E-state index >= 15 is 0 Å². The fourth-order valence-electron chi connectivity index (χ4n) is 2.18. The molecule has 0 radical (unpaired) electrons. The van der Waals surface area contributed by atoms with Gasteiger partial charge < -0.3 is 20.7 Å². The number of ether oxygens (including phenoxy) is 1. The third-order valence-corrected chi connectivity index (χ3v) is 3.13. The van der Waals surface area contributed by atoms with E-state index in [9.17, 15) is 4.79 Å². The number of hydrogen-bond acceptors (Lipinski definition) is 6. The van der Waals surface area contributed by atoms with Crippen LogP contribution in [-0.2, 0) is 9.53 Å². The molecule has 0 aromatic carbocycles. The van der Waals surface area contributed by atoms with Crippen LogP contribution in [0, 0.1) is 6.92 Å². The van der Waals surface area contributed by atoms with Gasteiger partial charge >= 0.3 is 0 Å². The first-order valence-electron chi connectivity index (χ1n) is 6.85. The Labute approximate surface area is 118 Å². The van der Waals surface area contributed by atoms with E-state index in [1.807, 2.05) is 24.8 Å². The average molecular weight is 279 g/mol. The summed E-state index contributed by atoms with van der Waals surface area (Å²) in [5.74, 6) is 0.857. The van der Waals surface area contributed by atoms with Gasteiger partial charge in [-0.15, -0.1) is 0 Å². The number of nitrogen functional groups attached to an aromatic ring is 1. The zero-order valence-corrected chi connectivity index (χ0v) is 11.9. The minimum Gasteiger partial charge on any atom is -0.377 e. The second-order valence-corrected chi connectivity index (χ2v) is 4.80. The van der Waals surface area contributed by atoms with Crippen LogP contribution in [-0.4, -0.2) is 48.2 Å². The van der Waals surface area contributed by atoms with Crippen molar-refractivity contribution >= 4 is 17.7 Å². The van der Waals surface area contributed by atoms with Crippen molar-refractivity contribution in [3.8, 4) is 0 Å². The Morgan fingerprint density at radius 1 is 1.60 bits per heavy atom. The van der Waals surface area contributed by atoms with Crippen molar-refractivity contribution in [3.05, 3.63) is 11.8 Å². The SMILES string of the molecule is CCCNC(=O)C1COCCN1c1cc(C)nc(N)n1. The lowest BCUT2D eigenvalue weighted by Crippen LogP contribution is -2.54. The van der Waals surface area contributed by atoms with Crippen molar-refractivity contribution in [3.63, 3.8) is 0 Å². The van der Waals surface area contributed by atoms with Crippen molar-refractivity contribution in [2.24, 2.45) is 0 Å². The largest absolute Gasteiger partial charge is 0.377 e. The monoisotopic (exact) mass is 279 g/mol. The van der Waals surface area contributed by atoms with Gasteiger partial charge in [0, 0.05) is 24.8 Å². The number of aryl methyl sites for hydroxylation is 1. The molecule has 110 valence electrons. The number of nitrogens with zero attached hydrogens (tertiary/aromatic N) is 3. The van der Waals surface area contributed by atoms with Crippen LogP contribution in [0.3, 0.4) is 0 Å². The van der Waals surface area contributed by atoms with E-state index in [4.69, 9.17) is 10.5 Å². The molecular weight excluding hydrogens is 258 g/mol. The molecule has 0 aliphatic carbocycles. The van der Waals surface area contributed by atoms with Crippen LogP contribution >= 0.6 is 0 Å². The van der Waals surface area contributed by atoms with Gasteiger partial charge in [-0.3, -0.25) is 4.79 Å². The Kier molecular flexibility index (Phi) is 4.73. The van der Waals surface area contributed by atoms with Crippen molar-refractivity contribution in [2.45, 2.75) is 26.3 Å². The number of amides is 1. The molecule has 2 rings (SSSR count). The van der Waals surface area contributed by atoms with E-state index in [0.29, 0.717) is 32.1 Å². The van der Waals surface area contributed by atoms with E-state index in [1.54, 1.807) is 0 Å². The molecule has 3 N–H and O–H groups in total. The van der Waals surface area contributed by atoms with Crippen LogP contribution in [0.1, 0.15) is 19.0 Å². The fraction of sp³-hybridized carbons (Fsp3) is 0.615. The van der Waals surface area contributed by atoms with E-state index < -0.39 is 0 Å². The number of nitrogens with one attached hydrogen (secondary N) is 1. The summed E-state index contributed by atoms with van der Waals surface area (Å²) in [6.45, 7) is 6.07. The number of anilines is 2. The Hall–Kier alpha value is -1.89. The zero-order valence-electron chi connectivity index (χ0n) is 11.9. The summed E-state index contributed by atoms with van der Waals surface area (Å²) in [7, 11) is 0. The highest BCUT2D eigenvalue weighted by Crippen LogP contribution is 2.19. The van der Waals surface area contributed by atoms with Crippen LogP contribution in [0.2, 0.25) is 0 Å². The maximum atomic E-state index is 12.2. The summed E-state index contributed by atoms with van der Waals surface area (Å²) in [5, 5.41) is 2.90. The molecule has 1 fully saturated rings. The fourth-order valence-corrected chi connectivity index (χ4v) is 2.18. The molecule has 1 unspecified atom stereocenters. The predicted octanol–water partition coefficient (Wildman–Crippen LogP) is 0.0986. The molecular formula is C13H21N5O2. The number of nitrogens with two attached hydrogens (primary N) is 1. The quantitative estimate of drug-likeness (QED) is 0.812. The smallest absolute Gasteiger partial charge is 0.245 e. The van der Waals surface area contributed by atoms with Gasteiger partial charge in [-0.25, -0.2) is 4.98 Å². The van der Waals surface area contributed by atoms with Crippen LogP contribution < -0.4 is 16.0 Å². The molecule has 1 aromatic heterocycles. The van der Waals surface area contributed by atoms with Gasteiger partial charge in [0.2, 0.25) is 11.9 Å². The highest BCUT2D eigenvalue weighted by atomic mass is 16.5. The number of hydrogen-bond donors (Lipinski definition) is 2. The molecule has 1 saturated heterocycles. The normalized spacial score (nSPS) is 18.9. The average Bonchev–Trinajstić information content (AvgIpc) is 2.43. The lowest BCUT2D eigenvalue weighted by atomic mass is 10.2. The third-order valence-electron chi connectivity index (χ3n) is 3.13. The van der Waals surface area contributed by atoms with Gasteiger partial charge in [0.05, 0.1) is 13.2 Å². The first-order chi connectivity index (χ1) is 9.61. The van der Waals surface area contributed by atoms with E-state index in [1.165, 1.54) is 0 Å². The van der Waals surface area contributed by atoms with E-state index in [2.05, 4.69) is 15.3 Å². The molecule has 0 saturated carbocycles. The molecule has 1 amide bonds. The third kappa shape index (κ3) is 3.36. The second-order valence-electron chi connectivity index (χ2n) is 4.80. The van der Waals surface area contributed by atoms with Gasteiger partial charge in [0.25, 0.3) is 0 Å². The minimum atomic E-state index is -0.371. The summed E-state index contributed by atoms with van der Waals surface area (Å²) >= 11 is 0. The van der Waals surface area contributed by atoms with E-state index in [0.717, 1.165) is 12.1 Å². The van der Waals surface area contributed by atoms with Gasteiger partial charge in [-0.1, -0.05) is 6.92 Å². The number of morpholine rings is 1. The Morgan fingerprint density at radius 3 is 3.10 bits per heavy atom. The van der Waals surface area contributed by atoms with Crippen LogP contribution in [0.15, 0.2) is 6.07 Å². The molecule has 1 atom stereocenters. The summed E-state index contributed by atoms with van der Waals surface area (Å²) in [5.41, 5.74) is 6.47. The summed E-state index contributed by atoms with van der Waals surface area (Å²) in [6.07, 6.45) is 0.902. The lowest BCUT2D eigenvalue weighted by molar-refractivity contribution is -0.124. The molecule has 7 heteroatoms. The number of carbonyl (C=O) groups excluding carboxylic acids is 1. The maximum Gasteiger partial charge on any atom is 0.245 e. The first kappa shape index (κ1) is 14.5. The Balaban J connectivity index is 2.19. The summed E-state index contributed by atoms with van der Waals surface area (Å²) in [4.78, 5) is 22.4. The van der Waals surface area contributed by atoms with Crippen molar-refractivity contribution in [1.82, 2.24) is 15.3 Å². The van der Waals surface area contributed by atoms with Gasteiger partial charge in [-0.2, -0.15) is 4.98 Å². The molecule has 0 bridgehead atoms. The molecule has 1 aliphatic rings. The van der Waals surface area contributed by atoms with Crippen LogP contribution in [0.5, 0.6) is 0 Å². The molecule has 20 heavy (non-hydrogen) atoms. The van der Waals surface area contributed by atoms with Crippen molar-refractivity contribution in [2.75, 3.05) is 36.9 Å². The van der Waals surface area contributed by atoms with Crippen molar-refractivity contribution < 1.29 is 9.53 Å². The molecule has 0 spiro atoms. The second kappa shape index (κ2) is 6.51. The van der Waals surface area contributed by atoms with Gasteiger partial charge in [0.15, 0.2) is 0 Å². The molecule has 7 nitrogen and oxygen atoms in total. The van der Waals surface area contributed by atoms with Crippen LogP contribution in [0.25, 0.3) is 0 Å². The zero-order chi connectivity index (χ0) is 14.5. The molecule has 2 heterocycles. The Bertz CT molecular complexity index is 460. The topological polar surface area (TPSA) is 93.4 Å². The van der Waals surface area contributed by atoms with E-state index in [-0.39, 0.29) is 17.9 Å². The standard InChI is InChI=1S/C13H21N5O2/c1-3-4-15-12(19)10-8-20-6-5-18(10)11-7-9(2)16-13(14)17-11/h7,10H,3-6,8H2,1-2H3,(H,15,19)(H2,14,16,17). The minimum absolute atomic E-state index is 0.0404. The highest BCUT2D eigenvalue weighted by Gasteiger charge is 2.30. The Morgan fingerprint density at radius 2 is 2.40 bits per heavy atom. The molecule has 1 aliphatic heterocycles. The molecule has 1 aromatic rings.